The molecule has 0 unspecified atom stereocenters. The van der Waals surface area contributed by atoms with Crippen molar-refractivity contribution in [3.05, 3.63) is 82.9 Å². The number of nitrogens with one attached hydrogen (secondary N) is 1. The van der Waals surface area contributed by atoms with Crippen LogP contribution >= 0.6 is 28.1 Å². The first kappa shape index (κ1) is 18.2. The van der Waals surface area contributed by atoms with Crippen LogP contribution in [0.15, 0.2) is 71.5 Å². The second-order valence-corrected chi connectivity index (χ2v) is 7.91. The molecule has 1 aliphatic rings. The number of pyridine rings is 1. The molecule has 4 nitrogen and oxygen atoms in total. The van der Waals surface area contributed by atoms with Gasteiger partial charge in [0.25, 0.3) is 0 Å². The highest BCUT2D eigenvalue weighted by molar-refractivity contribution is 9.10. The standard InChI is InChI=1S/C21H21BrN4S/c1-2-12-26-20(19(24-21(26)27)17-9-3-4-11-23-17)18-10-6-13-25(18)16-8-5-7-15(22)14-16/h3-11,13-14,19-20H,2,12H2,1H3,(H,24,27)/t19-,20-/m0/s1. The first-order chi connectivity index (χ1) is 13.2. The minimum absolute atomic E-state index is 0.0195. The van der Waals surface area contributed by atoms with Crippen molar-refractivity contribution >= 4 is 33.3 Å². The third-order valence-corrected chi connectivity index (χ3v) is 5.68. The van der Waals surface area contributed by atoms with E-state index in [0.29, 0.717) is 0 Å². The average molecular weight is 441 g/mol. The van der Waals surface area contributed by atoms with E-state index in [1.54, 1.807) is 0 Å². The minimum Gasteiger partial charge on any atom is -0.352 e. The molecule has 1 saturated heterocycles. The molecule has 0 radical (unpaired) electrons. The number of nitrogens with zero attached hydrogens (tertiary/aromatic N) is 3. The fraction of sp³-hybridized carbons (Fsp3) is 0.238. The van der Waals surface area contributed by atoms with Crippen molar-refractivity contribution in [1.29, 1.82) is 0 Å². The van der Waals surface area contributed by atoms with Crippen molar-refractivity contribution in [2.24, 2.45) is 0 Å². The second-order valence-electron chi connectivity index (χ2n) is 6.60. The van der Waals surface area contributed by atoms with E-state index >= 15 is 0 Å². The summed E-state index contributed by atoms with van der Waals surface area (Å²) in [7, 11) is 0. The normalized spacial score (nSPS) is 19.3. The van der Waals surface area contributed by atoms with Crippen LogP contribution in [0.5, 0.6) is 0 Å². The summed E-state index contributed by atoms with van der Waals surface area (Å²) in [5.41, 5.74) is 3.33. The Labute approximate surface area is 173 Å². The number of halogens is 1. The lowest BCUT2D eigenvalue weighted by atomic mass is 10.0. The third-order valence-electron chi connectivity index (χ3n) is 4.83. The Kier molecular flexibility index (Phi) is 5.27. The molecule has 6 heteroatoms. The molecule has 4 rings (SSSR count). The predicted molar refractivity (Wildman–Crippen MR) is 116 cm³/mol. The summed E-state index contributed by atoms with van der Waals surface area (Å²) in [6.45, 7) is 3.09. The number of hydrogen-bond acceptors (Lipinski definition) is 2. The van der Waals surface area contributed by atoms with Crippen LogP contribution in [0, 0.1) is 0 Å². The molecule has 3 heterocycles. The quantitative estimate of drug-likeness (QED) is 0.564. The van der Waals surface area contributed by atoms with Gasteiger partial charge in [-0.3, -0.25) is 4.98 Å². The molecule has 1 fully saturated rings. The molecule has 2 atom stereocenters. The van der Waals surface area contributed by atoms with Crippen LogP contribution in [-0.2, 0) is 0 Å². The number of hydrogen-bond donors (Lipinski definition) is 1. The number of benzene rings is 1. The van der Waals surface area contributed by atoms with Gasteiger partial charge in [0.05, 0.1) is 17.8 Å². The molecule has 0 spiro atoms. The van der Waals surface area contributed by atoms with Gasteiger partial charge in [-0.2, -0.15) is 0 Å². The molecular formula is C21H21BrN4S. The van der Waals surface area contributed by atoms with Crippen LogP contribution in [0.25, 0.3) is 5.69 Å². The van der Waals surface area contributed by atoms with E-state index < -0.39 is 0 Å². The van der Waals surface area contributed by atoms with Crippen molar-refractivity contribution in [3.63, 3.8) is 0 Å². The summed E-state index contributed by atoms with van der Waals surface area (Å²) in [6.07, 6.45) is 4.98. The largest absolute Gasteiger partial charge is 0.352 e. The van der Waals surface area contributed by atoms with Gasteiger partial charge in [-0.05, 0) is 61.1 Å². The van der Waals surface area contributed by atoms with E-state index in [1.807, 2.05) is 24.4 Å². The Morgan fingerprint density at radius 3 is 2.78 bits per heavy atom. The highest BCUT2D eigenvalue weighted by Crippen LogP contribution is 2.39. The lowest BCUT2D eigenvalue weighted by Crippen LogP contribution is -2.31. The highest BCUT2D eigenvalue weighted by atomic mass is 79.9. The van der Waals surface area contributed by atoms with Crippen molar-refractivity contribution < 1.29 is 0 Å². The van der Waals surface area contributed by atoms with Crippen molar-refractivity contribution in [1.82, 2.24) is 19.8 Å². The van der Waals surface area contributed by atoms with Crippen LogP contribution in [-0.4, -0.2) is 26.1 Å². The van der Waals surface area contributed by atoms with Crippen LogP contribution in [0.4, 0.5) is 0 Å². The summed E-state index contributed by atoms with van der Waals surface area (Å²) >= 11 is 9.27. The van der Waals surface area contributed by atoms with E-state index in [4.69, 9.17) is 12.2 Å². The maximum absolute atomic E-state index is 5.69. The average Bonchev–Trinajstić information content (AvgIpc) is 3.28. The molecule has 1 aromatic carbocycles. The molecule has 27 heavy (non-hydrogen) atoms. The lowest BCUT2D eigenvalue weighted by Gasteiger charge is -2.28. The van der Waals surface area contributed by atoms with Gasteiger partial charge in [-0.1, -0.05) is 35.0 Å². The maximum Gasteiger partial charge on any atom is 0.170 e. The predicted octanol–water partition coefficient (Wildman–Crippen LogP) is 5.02. The Hall–Kier alpha value is -2.18. The Morgan fingerprint density at radius 1 is 1.15 bits per heavy atom. The van der Waals surface area contributed by atoms with Crippen LogP contribution < -0.4 is 5.32 Å². The van der Waals surface area contributed by atoms with E-state index in [1.165, 1.54) is 5.69 Å². The monoisotopic (exact) mass is 440 g/mol. The molecule has 1 N–H and O–H groups in total. The summed E-state index contributed by atoms with van der Waals surface area (Å²) < 4.78 is 3.30. The Balaban J connectivity index is 1.81. The molecular weight excluding hydrogens is 420 g/mol. The van der Waals surface area contributed by atoms with E-state index in [0.717, 1.165) is 33.9 Å². The molecule has 0 saturated carbocycles. The van der Waals surface area contributed by atoms with Gasteiger partial charge in [0.2, 0.25) is 0 Å². The fourth-order valence-electron chi connectivity index (χ4n) is 3.70. The molecule has 3 aromatic rings. The van der Waals surface area contributed by atoms with E-state index in [9.17, 15) is 0 Å². The first-order valence-corrected chi connectivity index (χ1v) is 10.3. The summed E-state index contributed by atoms with van der Waals surface area (Å²) in [5.74, 6) is 0. The van der Waals surface area contributed by atoms with Gasteiger partial charge in [-0.15, -0.1) is 0 Å². The van der Waals surface area contributed by atoms with Gasteiger partial charge in [0, 0.05) is 34.8 Å². The van der Waals surface area contributed by atoms with Crippen molar-refractivity contribution in [3.8, 4) is 5.69 Å². The van der Waals surface area contributed by atoms with Gasteiger partial charge in [-0.25, -0.2) is 0 Å². The zero-order valence-corrected chi connectivity index (χ0v) is 17.5. The fourth-order valence-corrected chi connectivity index (χ4v) is 4.42. The molecule has 0 amide bonds. The summed E-state index contributed by atoms with van der Waals surface area (Å²) in [5, 5.41) is 4.30. The molecule has 0 bridgehead atoms. The van der Waals surface area contributed by atoms with Crippen molar-refractivity contribution in [2.75, 3.05) is 6.54 Å². The highest BCUT2D eigenvalue weighted by Gasteiger charge is 2.40. The van der Waals surface area contributed by atoms with Crippen LogP contribution in [0.2, 0.25) is 0 Å². The zero-order chi connectivity index (χ0) is 18.8. The molecule has 1 aliphatic heterocycles. The summed E-state index contributed by atoms with van der Waals surface area (Å²) in [4.78, 5) is 6.89. The minimum atomic E-state index is 0.0195. The second kappa shape index (κ2) is 7.82. The van der Waals surface area contributed by atoms with Gasteiger partial charge in [0.1, 0.15) is 0 Å². The van der Waals surface area contributed by atoms with Gasteiger partial charge >= 0.3 is 0 Å². The number of thiocarbonyl (C=S) groups is 1. The zero-order valence-electron chi connectivity index (χ0n) is 15.0. The van der Waals surface area contributed by atoms with E-state index in [-0.39, 0.29) is 12.1 Å². The van der Waals surface area contributed by atoms with Gasteiger partial charge < -0.3 is 14.8 Å². The summed E-state index contributed by atoms with van der Waals surface area (Å²) in [6, 6.07) is 18.8. The van der Waals surface area contributed by atoms with E-state index in [2.05, 4.69) is 85.2 Å². The Bertz CT molecular complexity index is 940. The molecule has 2 aromatic heterocycles. The van der Waals surface area contributed by atoms with Gasteiger partial charge in [0.15, 0.2) is 5.11 Å². The third kappa shape index (κ3) is 3.51. The Morgan fingerprint density at radius 2 is 2.04 bits per heavy atom. The SMILES string of the molecule is CCCN1C(=S)N[C@@H](c2ccccn2)[C@@H]1c1cccn1-c1cccc(Br)c1. The number of rotatable bonds is 5. The first-order valence-electron chi connectivity index (χ1n) is 9.10. The van der Waals surface area contributed by atoms with Crippen LogP contribution in [0.3, 0.4) is 0 Å². The lowest BCUT2D eigenvalue weighted by molar-refractivity contribution is 0.309. The topological polar surface area (TPSA) is 33.1 Å². The number of aromatic nitrogens is 2. The molecule has 0 aliphatic carbocycles. The smallest absolute Gasteiger partial charge is 0.170 e. The van der Waals surface area contributed by atoms with Crippen molar-refractivity contribution in [2.45, 2.75) is 25.4 Å². The maximum atomic E-state index is 5.69. The molecule has 138 valence electrons. The van der Waals surface area contributed by atoms with Crippen LogP contribution in [0.1, 0.15) is 36.8 Å².